The van der Waals surface area contributed by atoms with Gasteiger partial charge >= 0.3 is 0 Å². The van der Waals surface area contributed by atoms with Crippen molar-refractivity contribution in [3.63, 3.8) is 0 Å². The zero-order valence-electron chi connectivity index (χ0n) is 13.9. The maximum atomic E-state index is 12.4. The van der Waals surface area contributed by atoms with E-state index >= 15 is 0 Å². The Hall–Kier alpha value is -2.20. The molecule has 4 nitrogen and oxygen atoms in total. The van der Waals surface area contributed by atoms with Gasteiger partial charge in [-0.1, -0.05) is 49.6 Å². The van der Waals surface area contributed by atoms with Gasteiger partial charge in [0.25, 0.3) is 0 Å². The summed E-state index contributed by atoms with van der Waals surface area (Å²) in [5.41, 5.74) is 2.07. The van der Waals surface area contributed by atoms with Crippen LogP contribution in [0.3, 0.4) is 0 Å². The molecular formula is C20H24N2O2. The van der Waals surface area contributed by atoms with Crippen LogP contribution in [-0.2, 0) is 9.53 Å². The highest BCUT2D eigenvalue weighted by Gasteiger charge is 2.19. The number of benzene rings is 1. The number of nitrogens with zero attached hydrogens (tertiary/aromatic N) is 1. The molecule has 1 fully saturated rings. The van der Waals surface area contributed by atoms with Crippen LogP contribution in [-0.4, -0.2) is 23.6 Å². The number of carbonyl (C=O) groups is 1. The first-order valence-electron chi connectivity index (χ1n) is 8.69. The van der Waals surface area contributed by atoms with Gasteiger partial charge in [0, 0.05) is 12.4 Å². The first-order valence-corrected chi connectivity index (χ1v) is 8.69. The Morgan fingerprint density at radius 3 is 2.42 bits per heavy atom. The maximum absolute atomic E-state index is 12.4. The molecule has 1 unspecified atom stereocenters. The van der Waals surface area contributed by atoms with E-state index in [1.165, 1.54) is 19.3 Å². The topological polar surface area (TPSA) is 51.2 Å². The minimum atomic E-state index is -0.184. The second-order valence-electron chi connectivity index (χ2n) is 6.26. The van der Waals surface area contributed by atoms with Crippen LogP contribution in [0.15, 0.2) is 54.9 Å². The van der Waals surface area contributed by atoms with Crippen molar-refractivity contribution in [2.45, 2.75) is 44.2 Å². The van der Waals surface area contributed by atoms with Gasteiger partial charge in [0.15, 0.2) is 0 Å². The van der Waals surface area contributed by atoms with Crippen molar-refractivity contribution in [1.29, 1.82) is 0 Å². The number of ether oxygens (including phenoxy) is 1. The van der Waals surface area contributed by atoms with Gasteiger partial charge in [0.05, 0.1) is 12.1 Å². The molecule has 1 heterocycles. The minimum absolute atomic E-state index is 0.0776. The van der Waals surface area contributed by atoms with Crippen LogP contribution in [0.2, 0.25) is 0 Å². The number of carbonyl (C=O) groups excluding carboxylic acids is 1. The second-order valence-corrected chi connectivity index (χ2v) is 6.26. The van der Waals surface area contributed by atoms with Crippen molar-refractivity contribution >= 4 is 5.91 Å². The Morgan fingerprint density at radius 2 is 1.71 bits per heavy atom. The third-order valence-electron chi connectivity index (χ3n) is 4.48. The fraction of sp³-hybridized carbons (Fsp3) is 0.400. The number of rotatable bonds is 6. The molecule has 1 aromatic heterocycles. The summed E-state index contributed by atoms with van der Waals surface area (Å²) in [5, 5.41) is 3.10. The third kappa shape index (κ3) is 4.65. The summed E-state index contributed by atoms with van der Waals surface area (Å²) in [7, 11) is 0. The predicted molar refractivity (Wildman–Crippen MR) is 93.5 cm³/mol. The van der Waals surface area contributed by atoms with Crippen LogP contribution in [0.5, 0.6) is 0 Å². The first-order chi connectivity index (χ1) is 11.8. The number of nitrogens with one attached hydrogen (secondary N) is 1. The van der Waals surface area contributed by atoms with E-state index in [1.54, 1.807) is 12.4 Å². The lowest BCUT2D eigenvalue weighted by atomic mass is 9.98. The van der Waals surface area contributed by atoms with Gasteiger partial charge in [0.2, 0.25) is 5.91 Å². The fourth-order valence-electron chi connectivity index (χ4n) is 3.19. The molecule has 1 aliphatic carbocycles. The fourth-order valence-corrected chi connectivity index (χ4v) is 3.19. The van der Waals surface area contributed by atoms with Crippen LogP contribution in [0.4, 0.5) is 0 Å². The molecule has 1 amide bonds. The van der Waals surface area contributed by atoms with Gasteiger partial charge in [-0.25, -0.2) is 0 Å². The Labute approximate surface area is 143 Å². The lowest BCUT2D eigenvalue weighted by Crippen LogP contribution is -2.34. The molecule has 1 saturated carbocycles. The lowest BCUT2D eigenvalue weighted by Gasteiger charge is -2.23. The Kier molecular flexibility index (Phi) is 5.96. The van der Waals surface area contributed by atoms with E-state index < -0.39 is 0 Å². The van der Waals surface area contributed by atoms with Crippen LogP contribution < -0.4 is 5.32 Å². The minimum Gasteiger partial charge on any atom is -0.368 e. The third-order valence-corrected chi connectivity index (χ3v) is 4.48. The van der Waals surface area contributed by atoms with Crippen molar-refractivity contribution in [1.82, 2.24) is 10.3 Å². The van der Waals surface area contributed by atoms with Crippen molar-refractivity contribution in [2.75, 3.05) is 6.61 Å². The summed E-state index contributed by atoms with van der Waals surface area (Å²) >= 11 is 0. The molecular weight excluding hydrogens is 300 g/mol. The van der Waals surface area contributed by atoms with Crippen molar-refractivity contribution in [3.05, 3.63) is 66.0 Å². The molecule has 1 aromatic carbocycles. The quantitative estimate of drug-likeness (QED) is 0.882. The van der Waals surface area contributed by atoms with Crippen molar-refractivity contribution in [3.8, 4) is 0 Å². The molecule has 1 N–H and O–H groups in total. The Morgan fingerprint density at radius 1 is 1.04 bits per heavy atom. The van der Waals surface area contributed by atoms with Crippen LogP contribution >= 0.6 is 0 Å². The normalized spacial score (nSPS) is 16.5. The molecule has 4 heteroatoms. The van der Waals surface area contributed by atoms with Crippen molar-refractivity contribution in [2.24, 2.45) is 0 Å². The number of pyridine rings is 1. The average molecular weight is 324 g/mol. The van der Waals surface area contributed by atoms with E-state index in [-0.39, 0.29) is 24.7 Å². The summed E-state index contributed by atoms with van der Waals surface area (Å²) in [4.78, 5) is 16.5. The molecule has 0 bridgehead atoms. The molecule has 0 spiro atoms. The predicted octanol–water partition coefficient (Wildman–Crippen LogP) is 3.64. The van der Waals surface area contributed by atoms with Gasteiger partial charge in [-0.3, -0.25) is 9.78 Å². The monoisotopic (exact) mass is 324 g/mol. The van der Waals surface area contributed by atoms with Crippen LogP contribution in [0.25, 0.3) is 0 Å². The highest BCUT2D eigenvalue weighted by Crippen LogP contribution is 2.22. The highest BCUT2D eigenvalue weighted by molar-refractivity contribution is 5.78. The number of hydrogen-bond acceptors (Lipinski definition) is 3. The zero-order valence-corrected chi connectivity index (χ0v) is 13.9. The van der Waals surface area contributed by atoms with Gasteiger partial charge in [-0.05, 0) is 36.1 Å². The number of aromatic nitrogens is 1. The molecule has 0 radical (unpaired) electrons. The van der Waals surface area contributed by atoms with E-state index in [0.29, 0.717) is 0 Å². The molecule has 126 valence electrons. The van der Waals surface area contributed by atoms with Gasteiger partial charge < -0.3 is 10.1 Å². The van der Waals surface area contributed by atoms with E-state index in [0.717, 1.165) is 24.0 Å². The number of amides is 1. The molecule has 3 rings (SSSR count). The van der Waals surface area contributed by atoms with Crippen molar-refractivity contribution < 1.29 is 9.53 Å². The summed E-state index contributed by atoms with van der Waals surface area (Å²) in [6.07, 6.45) is 9.56. The van der Waals surface area contributed by atoms with Gasteiger partial charge in [-0.15, -0.1) is 0 Å². The summed E-state index contributed by atoms with van der Waals surface area (Å²) < 4.78 is 5.79. The Bertz CT molecular complexity index is 585. The van der Waals surface area contributed by atoms with E-state index in [4.69, 9.17) is 4.74 Å². The van der Waals surface area contributed by atoms with Crippen LogP contribution in [0.1, 0.15) is 49.3 Å². The SMILES string of the molecule is O=C(COC1CCCCC1)NC(c1ccccc1)c1ccncc1. The van der Waals surface area contributed by atoms with Gasteiger partial charge in [-0.2, -0.15) is 0 Å². The molecule has 0 aliphatic heterocycles. The molecule has 0 saturated heterocycles. The van der Waals surface area contributed by atoms with Crippen LogP contribution in [0, 0.1) is 0 Å². The van der Waals surface area contributed by atoms with Gasteiger partial charge in [0.1, 0.15) is 6.61 Å². The smallest absolute Gasteiger partial charge is 0.246 e. The number of hydrogen-bond donors (Lipinski definition) is 1. The summed E-state index contributed by atoms with van der Waals surface area (Å²) in [5.74, 6) is -0.0776. The first kappa shape index (κ1) is 16.7. The molecule has 24 heavy (non-hydrogen) atoms. The molecule has 1 aliphatic rings. The maximum Gasteiger partial charge on any atom is 0.246 e. The standard InChI is InChI=1S/C20H24N2O2/c23-19(15-24-18-9-5-2-6-10-18)22-20(16-7-3-1-4-8-16)17-11-13-21-14-12-17/h1,3-4,7-8,11-14,18,20H,2,5-6,9-10,15H2,(H,22,23). The second kappa shape index (κ2) is 8.60. The summed E-state index contributed by atoms with van der Waals surface area (Å²) in [6.45, 7) is 0.124. The lowest BCUT2D eigenvalue weighted by molar-refractivity contribution is -0.128. The summed E-state index contributed by atoms with van der Waals surface area (Å²) in [6, 6.07) is 13.7. The Balaban J connectivity index is 1.64. The zero-order chi connectivity index (χ0) is 16.6. The van der Waals surface area contributed by atoms with E-state index in [2.05, 4.69) is 10.3 Å². The van der Waals surface area contributed by atoms with E-state index in [1.807, 2.05) is 42.5 Å². The average Bonchev–Trinajstić information content (AvgIpc) is 2.67. The largest absolute Gasteiger partial charge is 0.368 e. The molecule has 1 atom stereocenters. The molecule has 2 aromatic rings. The highest BCUT2D eigenvalue weighted by atomic mass is 16.5. The van der Waals surface area contributed by atoms with E-state index in [9.17, 15) is 4.79 Å².